The van der Waals surface area contributed by atoms with E-state index in [1.165, 1.54) is 4.90 Å². The molecule has 0 atom stereocenters. The maximum absolute atomic E-state index is 12.0. The molecule has 0 fully saturated rings. The molecule has 0 aliphatic heterocycles. The van der Waals surface area contributed by atoms with E-state index in [2.05, 4.69) is 20.5 Å². The lowest BCUT2D eigenvalue weighted by Gasteiger charge is -2.16. The minimum Gasteiger partial charge on any atom is -0.320 e. The van der Waals surface area contributed by atoms with Crippen LogP contribution in [0.15, 0.2) is 18.2 Å². The number of amides is 2. The van der Waals surface area contributed by atoms with Crippen LogP contribution in [0.2, 0.25) is 10.0 Å². The zero-order valence-corrected chi connectivity index (χ0v) is 12.5. The van der Waals surface area contributed by atoms with Gasteiger partial charge in [0.25, 0.3) is 0 Å². The number of aromatic amines is 1. The number of aryl methyl sites for hydroxylation is 1. The first-order valence-electron chi connectivity index (χ1n) is 5.81. The number of H-pyrrole nitrogens is 1. The van der Waals surface area contributed by atoms with Crippen LogP contribution in [0.3, 0.4) is 0 Å². The zero-order chi connectivity index (χ0) is 14.7. The predicted octanol–water partition coefficient (Wildman–Crippen LogP) is 3.08. The molecule has 106 valence electrons. The van der Waals surface area contributed by atoms with E-state index in [-0.39, 0.29) is 6.03 Å². The van der Waals surface area contributed by atoms with E-state index in [0.717, 1.165) is 0 Å². The molecular weight excluding hydrogens is 301 g/mol. The Morgan fingerprint density at radius 3 is 2.75 bits per heavy atom. The van der Waals surface area contributed by atoms with Crippen molar-refractivity contribution in [3.05, 3.63) is 39.9 Å². The lowest BCUT2D eigenvalue weighted by Crippen LogP contribution is -2.31. The SMILES string of the molecule is Cc1nc(CN(C)C(=O)Nc2ccc(Cl)c(Cl)c2)n[nH]1. The number of urea groups is 1. The van der Waals surface area contributed by atoms with Gasteiger partial charge in [-0.15, -0.1) is 0 Å². The van der Waals surface area contributed by atoms with Crippen LogP contribution < -0.4 is 5.32 Å². The summed E-state index contributed by atoms with van der Waals surface area (Å²) in [7, 11) is 1.65. The average Bonchev–Trinajstić information content (AvgIpc) is 2.79. The maximum Gasteiger partial charge on any atom is 0.321 e. The number of carbonyl (C=O) groups excluding carboxylic acids is 1. The van der Waals surface area contributed by atoms with Crippen molar-refractivity contribution in [3.8, 4) is 0 Å². The highest BCUT2D eigenvalue weighted by molar-refractivity contribution is 6.42. The molecule has 0 spiro atoms. The molecule has 20 heavy (non-hydrogen) atoms. The molecule has 1 heterocycles. The summed E-state index contributed by atoms with van der Waals surface area (Å²) < 4.78 is 0. The summed E-state index contributed by atoms with van der Waals surface area (Å²) in [6.45, 7) is 2.10. The molecule has 1 aromatic heterocycles. The average molecular weight is 314 g/mol. The number of anilines is 1. The van der Waals surface area contributed by atoms with Crippen LogP contribution in [0, 0.1) is 6.92 Å². The third-order valence-corrected chi connectivity index (χ3v) is 3.28. The molecule has 1 aromatic carbocycles. The van der Waals surface area contributed by atoms with Gasteiger partial charge in [0.05, 0.1) is 16.6 Å². The van der Waals surface area contributed by atoms with Gasteiger partial charge in [0.15, 0.2) is 5.82 Å². The van der Waals surface area contributed by atoms with Gasteiger partial charge >= 0.3 is 6.03 Å². The number of nitrogens with one attached hydrogen (secondary N) is 2. The van der Waals surface area contributed by atoms with Crippen LogP contribution in [0.25, 0.3) is 0 Å². The van der Waals surface area contributed by atoms with E-state index in [1.54, 1.807) is 32.2 Å². The van der Waals surface area contributed by atoms with Gasteiger partial charge in [-0.3, -0.25) is 5.10 Å². The van der Waals surface area contributed by atoms with Crippen molar-refractivity contribution in [1.82, 2.24) is 20.1 Å². The second-order valence-electron chi connectivity index (χ2n) is 4.25. The van der Waals surface area contributed by atoms with E-state index in [4.69, 9.17) is 23.2 Å². The monoisotopic (exact) mass is 313 g/mol. The topological polar surface area (TPSA) is 73.9 Å². The highest BCUT2D eigenvalue weighted by Crippen LogP contribution is 2.25. The molecule has 0 bridgehead atoms. The van der Waals surface area contributed by atoms with Gasteiger partial charge in [-0.25, -0.2) is 9.78 Å². The van der Waals surface area contributed by atoms with Crippen molar-refractivity contribution in [3.63, 3.8) is 0 Å². The van der Waals surface area contributed by atoms with E-state index in [9.17, 15) is 4.79 Å². The first-order valence-corrected chi connectivity index (χ1v) is 6.56. The van der Waals surface area contributed by atoms with E-state index in [1.807, 2.05) is 0 Å². The molecule has 0 radical (unpaired) electrons. The van der Waals surface area contributed by atoms with Crippen molar-refractivity contribution < 1.29 is 4.79 Å². The Bertz CT molecular complexity index is 628. The van der Waals surface area contributed by atoms with Crippen LogP contribution in [-0.2, 0) is 6.54 Å². The summed E-state index contributed by atoms with van der Waals surface area (Å²) in [6.07, 6.45) is 0. The minimum atomic E-state index is -0.286. The Kier molecular flexibility index (Phi) is 4.46. The standard InChI is InChI=1S/C12H13Cl2N5O/c1-7-15-11(18-17-7)6-19(2)12(20)16-8-3-4-9(13)10(14)5-8/h3-5H,6H2,1-2H3,(H,16,20)(H,15,17,18). The summed E-state index contributed by atoms with van der Waals surface area (Å²) in [5.74, 6) is 1.26. The van der Waals surface area contributed by atoms with Crippen molar-refractivity contribution >= 4 is 34.9 Å². The maximum atomic E-state index is 12.0. The number of carbonyl (C=O) groups is 1. The van der Waals surface area contributed by atoms with Gasteiger partial charge in [-0.1, -0.05) is 23.2 Å². The van der Waals surface area contributed by atoms with Gasteiger partial charge in [-0.05, 0) is 25.1 Å². The fourth-order valence-corrected chi connectivity index (χ4v) is 1.83. The summed E-state index contributed by atoms with van der Waals surface area (Å²) >= 11 is 11.7. The van der Waals surface area contributed by atoms with Crippen molar-refractivity contribution in [1.29, 1.82) is 0 Å². The number of aromatic nitrogens is 3. The molecule has 0 saturated heterocycles. The molecule has 0 aliphatic rings. The first-order chi connectivity index (χ1) is 9.45. The number of hydrogen-bond acceptors (Lipinski definition) is 3. The van der Waals surface area contributed by atoms with Gasteiger partial charge in [-0.2, -0.15) is 5.10 Å². The van der Waals surface area contributed by atoms with Crippen LogP contribution in [0.4, 0.5) is 10.5 Å². The Balaban J connectivity index is 1.98. The fourth-order valence-electron chi connectivity index (χ4n) is 1.54. The predicted molar refractivity (Wildman–Crippen MR) is 78.1 cm³/mol. The summed E-state index contributed by atoms with van der Waals surface area (Å²) in [5, 5.41) is 10.2. The quantitative estimate of drug-likeness (QED) is 0.914. The normalized spacial score (nSPS) is 10.4. The Labute approximate surface area is 126 Å². The number of benzene rings is 1. The summed E-state index contributed by atoms with van der Waals surface area (Å²) in [4.78, 5) is 17.6. The smallest absolute Gasteiger partial charge is 0.320 e. The van der Waals surface area contributed by atoms with E-state index in [0.29, 0.717) is 33.9 Å². The minimum absolute atomic E-state index is 0.286. The lowest BCUT2D eigenvalue weighted by atomic mass is 10.3. The number of halogens is 2. The van der Waals surface area contributed by atoms with Crippen molar-refractivity contribution in [2.75, 3.05) is 12.4 Å². The second kappa shape index (κ2) is 6.11. The molecule has 0 aliphatic carbocycles. The number of nitrogens with zero attached hydrogens (tertiary/aromatic N) is 3. The molecule has 2 amide bonds. The highest BCUT2D eigenvalue weighted by Gasteiger charge is 2.12. The third-order valence-electron chi connectivity index (χ3n) is 2.54. The molecule has 8 heteroatoms. The highest BCUT2D eigenvalue weighted by atomic mass is 35.5. The molecule has 0 unspecified atom stereocenters. The third kappa shape index (κ3) is 3.61. The molecule has 2 rings (SSSR count). The zero-order valence-electron chi connectivity index (χ0n) is 10.9. The van der Waals surface area contributed by atoms with Crippen molar-refractivity contribution in [2.24, 2.45) is 0 Å². The largest absolute Gasteiger partial charge is 0.321 e. The van der Waals surface area contributed by atoms with Gasteiger partial charge < -0.3 is 10.2 Å². The summed E-state index contributed by atoms with van der Waals surface area (Å²) in [5.41, 5.74) is 0.572. The molecule has 6 nitrogen and oxygen atoms in total. The molecule has 2 aromatic rings. The molecular formula is C12H13Cl2N5O. The Morgan fingerprint density at radius 1 is 1.40 bits per heavy atom. The first kappa shape index (κ1) is 14.6. The van der Waals surface area contributed by atoms with Crippen LogP contribution in [-0.4, -0.2) is 33.2 Å². The Hall–Kier alpha value is -1.79. The molecule has 2 N–H and O–H groups in total. The molecule has 0 saturated carbocycles. The van der Waals surface area contributed by atoms with Gasteiger partial charge in [0.2, 0.25) is 0 Å². The van der Waals surface area contributed by atoms with Crippen LogP contribution in [0.1, 0.15) is 11.6 Å². The fraction of sp³-hybridized carbons (Fsp3) is 0.250. The lowest BCUT2D eigenvalue weighted by molar-refractivity contribution is 0.219. The second-order valence-corrected chi connectivity index (χ2v) is 5.07. The number of hydrogen-bond donors (Lipinski definition) is 2. The Morgan fingerprint density at radius 2 is 2.15 bits per heavy atom. The van der Waals surface area contributed by atoms with E-state index >= 15 is 0 Å². The van der Waals surface area contributed by atoms with Crippen LogP contribution >= 0.6 is 23.2 Å². The van der Waals surface area contributed by atoms with Crippen molar-refractivity contribution in [2.45, 2.75) is 13.5 Å². The van der Waals surface area contributed by atoms with E-state index < -0.39 is 0 Å². The summed E-state index contributed by atoms with van der Waals surface area (Å²) in [6, 6.07) is 4.60. The van der Waals surface area contributed by atoms with Crippen LogP contribution in [0.5, 0.6) is 0 Å². The van der Waals surface area contributed by atoms with Gasteiger partial charge in [0, 0.05) is 12.7 Å². The number of rotatable bonds is 3. The van der Waals surface area contributed by atoms with Gasteiger partial charge in [0.1, 0.15) is 5.82 Å².